The largest absolute Gasteiger partial charge is 0.465 e. The van der Waals surface area contributed by atoms with Crippen LogP contribution in [0, 0.1) is 0 Å². The van der Waals surface area contributed by atoms with Gasteiger partial charge in [0.2, 0.25) is 5.91 Å². The molecule has 0 aromatic rings. The van der Waals surface area contributed by atoms with Crippen LogP contribution < -0.4 is 16.4 Å². The van der Waals surface area contributed by atoms with Gasteiger partial charge in [-0.15, -0.1) is 0 Å². The maximum atomic E-state index is 12.1. The Morgan fingerprint density at radius 3 is 2.00 bits per heavy atom. The van der Waals surface area contributed by atoms with Crippen LogP contribution in [0.3, 0.4) is 0 Å². The molecular formula is C18H36N4O6. The third-order valence-electron chi connectivity index (χ3n) is 3.72. The molecule has 0 rings (SSSR count). The van der Waals surface area contributed by atoms with Crippen molar-refractivity contribution in [1.82, 2.24) is 15.5 Å². The fraction of sp³-hybridized carbons (Fsp3) is 0.833. The molecule has 0 spiro atoms. The maximum Gasteiger partial charge on any atom is 0.409 e. The van der Waals surface area contributed by atoms with Gasteiger partial charge in [-0.1, -0.05) is 0 Å². The normalized spacial score (nSPS) is 15.2. The summed E-state index contributed by atoms with van der Waals surface area (Å²) in [4.78, 5) is 36.9. The number of ether oxygens (including phenoxy) is 1. The van der Waals surface area contributed by atoms with Crippen molar-refractivity contribution >= 4 is 18.1 Å². The molecule has 0 aliphatic rings. The van der Waals surface area contributed by atoms with Crippen LogP contribution in [0.1, 0.15) is 61.3 Å². The predicted octanol–water partition coefficient (Wildman–Crippen LogP) is 1.22. The second-order valence-electron chi connectivity index (χ2n) is 8.76. The number of carboxylic acid groups (broad SMARTS) is 1. The number of carbonyl (C=O) groups excluding carboxylic acids is 2. The number of carbonyl (C=O) groups is 3. The Morgan fingerprint density at radius 2 is 1.61 bits per heavy atom. The van der Waals surface area contributed by atoms with Gasteiger partial charge in [0.15, 0.2) is 0 Å². The molecule has 0 saturated heterocycles. The minimum atomic E-state index is -1.21. The molecule has 28 heavy (non-hydrogen) atoms. The molecule has 3 amide bonds. The zero-order valence-electron chi connectivity index (χ0n) is 17.9. The van der Waals surface area contributed by atoms with E-state index < -0.39 is 48.0 Å². The lowest BCUT2D eigenvalue weighted by molar-refractivity contribution is -0.125. The summed E-state index contributed by atoms with van der Waals surface area (Å²) >= 11 is 0. The summed E-state index contributed by atoms with van der Waals surface area (Å²) in [5, 5.41) is 24.0. The van der Waals surface area contributed by atoms with E-state index in [0.717, 1.165) is 4.90 Å². The minimum absolute atomic E-state index is 0.227. The summed E-state index contributed by atoms with van der Waals surface area (Å²) in [5.41, 5.74) is 4.10. The summed E-state index contributed by atoms with van der Waals surface area (Å²) in [6.07, 6.45) is -2.06. The van der Waals surface area contributed by atoms with Gasteiger partial charge in [-0.25, -0.2) is 9.59 Å². The lowest BCUT2D eigenvalue weighted by atomic mass is 10.0. The van der Waals surface area contributed by atoms with Crippen LogP contribution in [0.5, 0.6) is 0 Å². The lowest BCUT2D eigenvalue weighted by Crippen LogP contribution is -2.60. The third kappa shape index (κ3) is 9.75. The van der Waals surface area contributed by atoms with Gasteiger partial charge in [-0.2, -0.15) is 0 Å². The van der Waals surface area contributed by atoms with Crippen LogP contribution in [0.4, 0.5) is 9.59 Å². The molecule has 164 valence electrons. The monoisotopic (exact) mass is 404 g/mol. The summed E-state index contributed by atoms with van der Waals surface area (Å²) in [7, 11) is 0. The minimum Gasteiger partial charge on any atom is -0.465 e. The molecule has 0 aliphatic heterocycles. The van der Waals surface area contributed by atoms with Crippen molar-refractivity contribution in [1.29, 1.82) is 0 Å². The average Bonchev–Trinajstić information content (AvgIpc) is 2.47. The maximum absolute atomic E-state index is 12.1. The SMILES string of the molecule is C[C@@H](CCC(NC(=O)[C@@H](N)CO)N(C(=O)O)C(C)(C)C)NC(=O)OC(C)(C)C. The van der Waals surface area contributed by atoms with Crippen LogP contribution in [0.25, 0.3) is 0 Å². The molecule has 0 aromatic carbocycles. The Labute approximate surface area is 166 Å². The van der Waals surface area contributed by atoms with Crippen molar-refractivity contribution in [3.63, 3.8) is 0 Å². The summed E-state index contributed by atoms with van der Waals surface area (Å²) < 4.78 is 5.20. The van der Waals surface area contributed by atoms with Gasteiger partial charge >= 0.3 is 12.2 Å². The van der Waals surface area contributed by atoms with E-state index in [1.165, 1.54) is 0 Å². The van der Waals surface area contributed by atoms with Gasteiger partial charge < -0.3 is 31.3 Å². The van der Waals surface area contributed by atoms with Crippen molar-refractivity contribution in [2.45, 2.75) is 90.7 Å². The third-order valence-corrected chi connectivity index (χ3v) is 3.72. The molecule has 0 radical (unpaired) electrons. The van der Waals surface area contributed by atoms with Crippen molar-refractivity contribution in [3.8, 4) is 0 Å². The van der Waals surface area contributed by atoms with Crippen LogP contribution >= 0.6 is 0 Å². The lowest BCUT2D eigenvalue weighted by Gasteiger charge is -2.40. The number of alkyl carbamates (subject to hydrolysis) is 1. The molecule has 3 atom stereocenters. The standard InChI is InChI=1S/C18H36N4O6/c1-11(20-15(25)28-18(5,6)7)8-9-13(21-14(24)12(19)10-23)22(16(26)27)17(2,3)4/h11-13,23H,8-10,19H2,1-7H3,(H,20,25)(H,21,24)(H,26,27)/t11-,12-,13?/m0/s1. The molecule has 0 heterocycles. The molecule has 0 saturated carbocycles. The highest BCUT2D eigenvalue weighted by Gasteiger charge is 2.35. The molecule has 0 fully saturated rings. The number of amides is 3. The number of nitrogens with two attached hydrogens (primary N) is 1. The highest BCUT2D eigenvalue weighted by atomic mass is 16.6. The highest BCUT2D eigenvalue weighted by Crippen LogP contribution is 2.20. The first kappa shape index (κ1) is 25.9. The number of aliphatic hydroxyl groups excluding tert-OH is 1. The molecule has 1 unspecified atom stereocenters. The van der Waals surface area contributed by atoms with Crippen LogP contribution in [-0.4, -0.2) is 69.2 Å². The molecule has 10 nitrogen and oxygen atoms in total. The zero-order chi connectivity index (χ0) is 22.3. The topological polar surface area (TPSA) is 154 Å². The average molecular weight is 405 g/mol. The van der Waals surface area contributed by atoms with E-state index in [9.17, 15) is 19.5 Å². The number of hydrogen-bond acceptors (Lipinski definition) is 6. The summed E-state index contributed by atoms with van der Waals surface area (Å²) in [6.45, 7) is 11.6. The van der Waals surface area contributed by atoms with E-state index in [1.54, 1.807) is 48.5 Å². The van der Waals surface area contributed by atoms with Gasteiger partial charge in [0.25, 0.3) is 0 Å². The fourth-order valence-electron chi connectivity index (χ4n) is 2.50. The number of nitrogens with zero attached hydrogens (tertiary/aromatic N) is 1. The predicted molar refractivity (Wildman–Crippen MR) is 105 cm³/mol. The Bertz CT molecular complexity index is 541. The second kappa shape index (κ2) is 10.5. The van der Waals surface area contributed by atoms with E-state index in [0.29, 0.717) is 6.42 Å². The molecule has 6 N–H and O–H groups in total. The second-order valence-corrected chi connectivity index (χ2v) is 8.76. The number of rotatable bonds is 8. The van der Waals surface area contributed by atoms with Crippen molar-refractivity contribution in [3.05, 3.63) is 0 Å². The van der Waals surface area contributed by atoms with E-state index >= 15 is 0 Å². The van der Waals surface area contributed by atoms with Gasteiger partial charge in [-0.05, 0) is 61.3 Å². The van der Waals surface area contributed by atoms with E-state index in [1.807, 2.05) is 0 Å². The molecule has 0 aliphatic carbocycles. The summed E-state index contributed by atoms with van der Waals surface area (Å²) in [6, 6.07) is -1.48. The number of hydrogen-bond donors (Lipinski definition) is 5. The highest BCUT2D eigenvalue weighted by molar-refractivity contribution is 5.82. The summed E-state index contributed by atoms with van der Waals surface area (Å²) in [5.74, 6) is -0.657. The first-order chi connectivity index (χ1) is 12.6. The van der Waals surface area contributed by atoms with Crippen LogP contribution in [0.2, 0.25) is 0 Å². The van der Waals surface area contributed by atoms with Gasteiger partial charge in [0, 0.05) is 11.6 Å². The Morgan fingerprint density at radius 1 is 1.07 bits per heavy atom. The first-order valence-electron chi connectivity index (χ1n) is 9.27. The van der Waals surface area contributed by atoms with Crippen molar-refractivity contribution in [2.24, 2.45) is 5.73 Å². The van der Waals surface area contributed by atoms with Crippen LogP contribution in [-0.2, 0) is 9.53 Å². The molecule has 0 bridgehead atoms. The number of aliphatic hydroxyl groups is 1. The van der Waals surface area contributed by atoms with Crippen molar-refractivity contribution < 1.29 is 29.3 Å². The zero-order valence-corrected chi connectivity index (χ0v) is 17.9. The van der Waals surface area contributed by atoms with Crippen LogP contribution in [0.15, 0.2) is 0 Å². The van der Waals surface area contributed by atoms with Gasteiger partial charge in [0.1, 0.15) is 17.8 Å². The fourth-order valence-corrected chi connectivity index (χ4v) is 2.50. The number of nitrogens with one attached hydrogen (secondary N) is 2. The first-order valence-corrected chi connectivity index (χ1v) is 9.27. The molecule has 0 aromatic heterocycles. The quantitative estimate of drug-likeness (QED) is 0.381. The van der Waals surface area contributed by atoms with E-state index in [-0.39, 0.29) is 12.5 Å². The molecule has 10 heteroatoms. The smallest absolute Gasteiger partial charge is 0.409 e. The Hall–Kier alpha value is -2.07. The van der Waals surface area contributed by atoms with E-state index in [2.05, 4.69) is 10.6 Å². The van der Waals surface area contributed by atoms with Gasteiger partial charge in [-0.3, -0.25) is 9.69 Å². The Balaban J connectivity index is 5.19. The van der Waals surface area contributed by atoms with Crippen molar-refractivity contribution in [2.75, 3.05) is 6.61 Å². The van der Waals surface area contributed by atoms with Gasteiger partial charge in [0.05, 0.1) is 6.61 Å². The van der Waals surface area contributed by atoms with E-state index in [4.69, 9.17) is 15.6 Å². The Kier molecular flexibility index (Phi) is 9.69. The molecular weight excluding hydrogens is 368 g/mol.